The van der Waals surface area contributed by atoms with Crippen LogP contribution in [0.5, 0.6) is 0 Å². The first-order valence-electron chi connectivity index (χ1n) is 7.97. The summed E-state index contributed by atoms with van der Waals surface area (Å²) in [6.45, 7) is 8.47. The van der Waals surface area contributed by atoms with E-state index in [-0.39, 0.29) is 18.2 Å². The van der Waals surface area contributed by atoms with Crippen LogP contribution in [0.3, 0.4) is 0 Å². The summed E-state index contributed by atoms with van der Waals surface area (Å²) < 4.78 is 7.22. The largest absolute Gasteiger partial charge is 0.444 e. The molecule has 1 saturated carbocycles. The van der Waals surface area contributed by atoms with Crippen LogP contribution in [-0.2, 0) is 11.8 Å². The summed E-state index contributed by atoms with van der Waals surface area (Å²) in [6, 6.07) is 2.31. The Morgan fingerprint density at radius 3 is 2.68 bits per heavy atom. The van der Waals surface area contributed by atoms with Crippen LogP contribution in [0.1, 0.15) is 52.3 Å². The Hall–Kier alpha value is -1.56. The number of hydrogen-bond donors (Lipinski definition) is 2. The van der Waals surface area contributed by atoms with Gasteiger partial charge in [-0.1, -0.05) is 0 Å². The van der Waals surface area contributed by atoms with E-state index >= 15 is 0 Å². The van der Waals surface area contributed by atoms with Gasteiger partial charge < -0.3 is 15.4 Å². The van der Waals surface area contributed by atoms with E-state index in [2.05, 4.69) is 22.7 Å². The molecule has 6 nitrogen and oxygen atoms in total. The highest BCUT2D eigenvalue weighted by molar-refractivity contribution is 5.68. The summed E-state index contributed by atoms with van der Waals surface area (Å²) in [5.74, 6) is 0.554. The Morgan fingerprint density at radius 2 is 2.18 bits per heavy atom. The number of carbonyl (C=O) groups excluding carboxylic acids is 1. The highest BCUT2D eigenvalue weighted by atomic mass is 16.6. The van der Waals surface area contributed by atoms with Gasteiger partial charge in [-0.05, 0) is 52.5 Å². The van der Waals surface area contributed by atoms with Crippen molar-refractivity contribution in [2.24, 2.45) is 13.0 Å². The van der Waals surface area contributed by atoms with Crippen LogP contribution in [0.2, 0.25) is 0 Å². The molecule has 2 rings (SSSR count). The summed E-state index contributed by atoms with van der Waals surface area (Å²) in [4.78, 5) is 12.0. The van der Waals surface area contributed by atoms with Crippen molar-refractivity contribution in [3.8, 4) is 0 Å². The first-order valence-corrected chi connectivity index (χ1v) is 7.97. The van der Waals surface area contributed by atoms with E-state index in [1.807, 2.05) is 38.6 Å². The summed E-state index contributed by atoms with van der Waals surface area (Å²) in [5.41, 5.74) is 0.667. The standard InChI is InChI=1S/C16H28N4O2/c1-11(14-8-9-18-20(14)5)17-10-13(12-6-7-12)19-15(21)22-16(2,3)4/h8-9,11-13,17H,6-7,10H2,1-5H3,(H,19,21). The molecule has 2 N–H and O–H groups in total. The van der Waals surface area contributed by atoms with Crippen LogP contribution in [-0.4, -0.2) is 34.1 Å². The van der Waals surface area contributed by atoms with Crippen molar-refractivity contribution < 1.29 is 9.53 Å². The minimum Gasteiger partial charge on any atom is -0.444 e. The number of alkyl carbamates (subject to hydrolysis) is 1. The van der Waals surface area contributed by atoms with E-state index in [1.54, 1.807) is 6.20 Å². The SMILES string of the molecule is CC(NCC(NC(=O)OC(C)(C)C)C1CC1)c1ccnn1C. The fourth-order valence-electron chi connectivity index (χ4n) is 2.51. The van der Waals surface area contributed by atoms with E-state index in [9.17, 15) is 4.79 Å². The van der Waals surface area contributed by atoms with Gasteiger partial charge in [0.15, 0.2) is 0 Å². The molecule has 1 amide bonds. The van der Waals surface area contributed by atoms with Gasteiger partial charge in [-0.2, -0.15) is 5.10 Å². The van der Waals surface area contributed by atoms with Crippen molar-refractivity contribution >= 4 is 6.09 Å². The third-order valence-corrected chi connectivity index (χ3v) is 3.84. The predicted molar refractivity (Wildman–Crippen MR) is 85.5 cm³/mol. The second-order valence-corrected chi connectivity index (χ2v) is 7.10. The first kappa shape index (κ1) is 16.8. The highest BCUT2D eigenvalue weighted by Crippen LogP contribution is 2.32. The van der Waals surface area contributed by atoms with Crippen LogP contribution < -0.4 is 10.6 Å². The normalized spacial score (nSPS) is 17.9. The van der Waals surface area contributed by atoms with Crippen molar-refractivity contribution in [3.05, 3.63) is 18.0 Å². The maximum atomic E-state index is 12.0. The molecule has 1 fully saturated rings. The molecule has 124 valence electrons. The second kappa shape index (κ2) is 6.69. The molecular weight excluding hydrogens is 280 g/mol. The molecule has 2 atom stereocenters. The zero-order valence-electron chi connectivity index (χ0n) is 14.2. The van der Waals surface area contributed by atoms with Gasteiger partial charge in [0.05, 0.1) is 5.69 Å². The molecular formula is C16H28N4O2. The number of nitrogens with zero attached hydrogens (tertiary/aromatic N) is 2. The highest BCUT2D eigenvalue weighted by Gasteiger charge is 2.33. The molecule has 0 aromatic carbocycles. The van der Waals surface area contributed by atoms with Gasteiger partial charge in [0.25, 0.3) is 0 Å². The van der Waals surface area contributed by atoms with Gasteiger partial charge in [0.1, 0.15) is 5.60 Å². The van der Waals surface area contributed by atoms with Gasteiger partial charge >= 0.3 is 6.09 Å². The van der Waals surface area contributed by atoms with Crippen molar-refractivity contribution in [1.82, 2.24) is 20.4 Å². The van der Waals surface area contributed by atoms with E-state index in [0.29, 0.717) is 5.92 Å². The number of nitrogens with one attached hydrogen (secondary N) is 2. The fourth-order valence-corrected chi connectivity index (χ4v) is 2.51. The first-order chi connectivity index (χ1) is 10.3. The molecule has 1 heterocycles. The second-order valence-electron chi connectivity index (χ2n) is 7.10. The lowest BCUT2D eigenvalue weighted by molar-refractivity contribution is 0.0496. The van der Waals surface area contributed by atoms with Gasteiger partial charge in [0, 0.05) is 31.9 Å². The molecule has 2 unspecified atom stereocenters. The monoisotopic (exact) mass is 308 g/mol. The molecule has 0 radical (unpaired) electrons. The number of carbonyl (C=O) groups is 1. The lowest BCUT2D eigenvalue weighted by Gasteiger charge is -2.25. The van der Waals surface area contributed by atoms with Crippen LogP contribution >= 0.6 is 0 Å². The predicted octanol–water partition coefficient (Wildman–Crippen LogP) is 2.37. The van der Waals surface area contributed by atoms with Crippen molar-refractivity contribution in [2.45, 2.75) is 58.2 Å². The Morgan fingerprint density at radius 1 is 1.50 bits per heavy atom. The molecule has 0 saturated heterocycles. The maximum Gasteiger partial charge on any atom is 0.407 e. The number of amides is 1. The number of hydrogen-bond acceptors (Lipinski definition) is 4. The lowest BCUT2D eigenvalue weighted by Crippen LogP contribution is -2.46. The van der Waals surface area contributed by atoms with Crippen molar-refractivity contribution in [1.29, 1.82) is 0 Å². The molecule has 0 bridgehead atoms. The minimum absolute atomic E-state index is 0.116. The zero-order valence-corrected chi connectivity index (χ0v) is 14.2. The zero-order chi connectivity index (χ0) is 16.3. The van der Waals surface area contributed by atoms with E-state index in [1.165, 1.54) is 12.8 Å². The van der Waals surface area contributed by atoms with Gasteiger partial charge in [-0.3, -0.25) is 4.68 Å². The van der Waals surface area contributed by atoms with Gasteiger partial charge in [0.2, 0.25) is 0 Å². The third-order valence-electron chi connectivity index (χ3n) is 3.84. The molecule has 0 aliphatic heterocycles. The van der Waals surface area contributed by atoms with Crippen LogP contribution in [0.4, 0.5) is 4.79 Å². The number of ether oxygens (including phenoxy) is 1. The smallest absolute Gasteiger partial charge is 0.407 e. The third kappa shape index (κ3) is 5.02. The van der Waals surface area contributed by atoms with Gasteiger partial charge in [-0.15, -0.1) is 0 Å². The van der Waals surface area contributed by atoms with E-state index in [4.69, 9.17) is 4.74 Å². The molecule has 1 aromatic rings. The van der Waals surface area contributed by atoms with E-state index < -0.39 is 5.60 Å². The average molecular weight is 308 g/mol. The lowest BCUT2D eigenvalue weighted by atomic mass is 10.1. The molecule has 1 aliphatic carbocycles. The Kier molecular flexibility index (Phi) is 5.11. The Balaban J connectivity index is 1.85. The number of rotatable bonds is 6. The van der Waals surface area contributed by atoms with Crippen LogP contribution in [0, 0.1) is 5.92 Å². The van der Waals surface area contributed by atoms with Crippen LogP contribution in [0.25, 0.3) is 0 Å². The summed E-state index contributed by atoms with van der Waals surface area (Å²) in [7, 11) is 1.94. The average Bonchev–Trinajstić information content (AvgIpc) is 3.14. The summed E-state index contributed by atoms with van der Waals surface area (Å²) in [5, 5.41) is 10.7. The molecule has 1 aromatic heterocycles. The quantitative estimate of drug-likeness (QED) is 0.846. The summed E-state index contributed by atoms with van der Waals surface area (Å²) >= 11 is 0. The summed E-state index contributed by atoms with van der Waals surface area (Å²) in [6.07, 6.45) is 3.80. The Labute approximate surface area is 132 Å². The van der Waals surface area contributed by atoms with Crippen molar-refractivity contribution in [3.63, 3.8) is 0 Å². The van der Waals surface area contributed by atoms with Crippen molar-refractivity contribution in [2.75, 3.05) is 6.54 Å². The molecule has 22 heavy (non-hydrogen) atoms. The van der Waals surface area contributed by atoms with E-state index in [0.717, 1.165) is 12.2 Å². The van der Waals surface area contributed by atoms with Gasteiger partial charge in [-0.25, -0.2) is 4.79 Å². The van der Waals surface area contributed by atoms with Crippen LogP contribution in [0.15, 0.2) is 12.3 Å². The molecule has 6 heteroatoms. The fraction of sp³-hybridized carbons (Fsp3) is 0.750. The maximum absolute atomic E-state index is 12.0. The molecule has 0 spiro atoms. The minimum atomic E-state index is -0.465. The topological polar surface area (TPSA) is 68.2 Å². The number of aryl methyl sites for hydroxylation is 1. The Bertz CT molecular complexity index is 502. The molecule has 1 aliphatic rings. The number of aromatic nitrogens is 2.